The van der Waals surface area contributed by atoms with E-state index in [9.17, 15) is 4.79 Å². The van der Waals surface area contributed by atoms with Gasteiger partial charge in [-0.25, -0.2) is 5.10 Å². The van der Waals surface area contributed by atoms with E-state index in [2.05, 4.69) is 25.4 Å². The lowest BCUT2D eigenvalue weighted by atomic mass is 10.2. The van der Waals surface area contributed by atoms with Gasteiger partial charge in [-0.3, -0.25) is 9.78 Å². The molecule has 1 aliphatic carbocycles. The predicted octanol–water partition coefficient (Wildman–Crippen LogP) is 2.30. The highest BCUT2D eigenvalue weighted by Crippen LogP contribution is 2.46. The molecule has 8 nitrogen and oxygen atoms in total. The number of ether oxygens (including phenoxy) is 2. The van der Waals surface area contributed by atoms with E-state index in [4.69, 9.17) is 9.47 Å². The van der Waals surface area contributed by atoms with Crippen LogP contribution in [0.3, 0.4) is 0 Å². The second kappa shape index (κ2) is 8.05. The SMILES string of the molecule is COc1ccc([C@H]2C[C@@H]2COc2cc(CCc3nnc(C)s3)c(=O)[nH]n2)nc1. The average Bonchev–Trinajstić information content (AvgIpc) is 3.38. The highest BCUT2D eigenvalue weighted by molar-refractivity contribution is 7.11. The van der Waals surface area contributed by atoms with Gasteiger partial charge >= 0.3 is 0 Å². The minimum atomic E-state index is -0.194. The number of H-pyrrole nitrogens is 1. The van der Waals surface area contributed by atoms with E-state index < -0.39 is 0 Å². The number of pyridine rings is 1. The fraction of sp³-hybridized carbons (Fsp3) is 0.421. The van der Waals surface area contributed by atoms with Crippen LogP contribution in [0.2, 0.25) is 0 Å². The summed E-state index contributed by atoms with van der Waals surface area (Å²) in [5.41, 5.74) is 1.50. The van der Waals surface area contributed by atoms with E-state index in [1.165, 1.54) is 0 Å². The number of aromatic nitrogens is 5. The van der Waals surface area contributed by atoms with Crippen LogP contribution in [0.25, 0.3) is 0 Å². The molecule has 1 saturated carbocycles. The molecule has 0 aliphatic heterocycles. The van der Waals surface area contributed by atoms with E-state index in [0.29, 0.717) is 42.7 Å². The van der Waals surface area contributed by atoms with Gasteiger partial charge in [0.1, 0.15) is 15.8 Å². The Morgan fingerprint density at radius 3 is 2.89 bits per heavy atom. The molecule has 0 unspecified atom stereocenters. The number of nitrogens with zero attached hydrogens (tertiary/aromatic N) is 4. The highest BCUT2D eigenvalue weighted by atomic mass is 32.1. The maximum absolute atomic E-state index is 12.0. The Morgan fingerprint density at radius 2 is 2.18 bits per heavy atom. The highest BCUT2D eigenvalue weighted by Gasteiger charge is 2.40. The third kappa shape index (κ3) is 4.36. The summed E-state index contributed by atoms with van der Waals surface area (Å²) in [7, 11) is 1.63. The first kappa shape index (κ1) is 18.5. The molecule has 0 saturated heterocycles. The molecule has 3 aromatic rings. The smallest absolute Gasteiger partial charge is 0.267 e. The van der Waals surface area contributed by atoms with Crippen molar-refractivity contribution in [3.05, 3.63) is 56.0 Å². The molecule has 0 radical (unpaired) electrons. The average molecular weight is 399 g/mol. The van der Waals surface area contributed by atoms with Crippen LogP contribution in [0.4, 0.5) is 0 Å². The van der Waals surface area contributed by atoms with Crippen LogP contribution < -0.4 is 15.0 Å². The van der Waals surface area contributed by atoms with Crippen LogP contribution in [0.15, 0.2) is 29.2 Å². The van der Waals surface area contributed by atoms with Gasteiger partial charge in [-0.2, -0.15) is 0 Å². The summed E-state index contributed by atoms with van der Waals surface area (Å²) in [4.78, 5) is 16.5. The molecule has 0 spiro atoms. The molecule has 146 valence electrons. The van der Waals surface area contributed by atoms with Crippen molar-refractivity contribution in [1.82, 2.24) is 25.4 Å². The van der Waals surface area contributed by atoms with Crippen LogP contribution in [-0.4, -0.2) is 39.1 Å². The van der Waals surface area contributed by atoms with Gasteiger partial charge in [0.25, 0.3) is 5.56 Å². The number of hydrogen-bond acceptors (Lipinski definition) is 8. The van der Waals surface area contributed by atoms with E-state index in [1.54, 1.807) is 30.7 Å². The van der Waals surface area contributed by atoms with E-state index in [1.807, 2.05) is 19.1 Å². The molecule has 3 heterocycles. The van der Waals surface area contributed by atoms with Gasteiger partial charge in [0.05, 0.1) is 19.9 Å². The molecule has 1 N–H and O–H groups in total. The monoisotopic (exact) mass is 399 g/mol. The van der Waals surface area contributed by atoms with Gasteiger partial charge in [0.2, 0.25) is 5.88 Å². The summed E-state index contributed by atoms with van der Waals surface area (Å²) in [6.45, 7) is 2.46. The second-order valence-electron chi connectivity index (χ2n) is 6.81. The number of aromatic amines is 1. The molecular weight excluding hydrogens is 378 g/mol. The van der Waals surface area contributed by atoms with Crippen LogP contribution in [0, 0.1) is 12.8 Å². The van der Waals surface area contributed by atoms with Crippen molar-refractivity contribution in [2.24, 2.45) is 5.92 Å². The first-order chi connectivity index (χ1) is 13.6. The predicted molar refractivity (Wildman–Crippen MR) is 104 cm³/mol. The van der Waals surface area contributed by atoms with Crippen molar-refractivity contribution in [2.75, 3.05) is 13.7 Å². The maximum Gasteiger partial charge on any atom is 0.267 e. The van der Waals surface area contributed by atoms with Crippen LogP contribution >= 0.6 is 11.3 Å². The Bertz CT molecular complexity index is 1000. The molecule has 0 aromatic carbocycles. The van der Waals surface area contributed by atoms with Crippen molar-refractivity contribution in [2.45, 2.75) is 32.1 Å². The van der Waals surface area contributed by atoms with Crippen molar-refractivity contribution in [3.8, 4) is 11.6 Å². The molecule has 1 fully saturated rings. The fourth-order valence-electron chi connectivity index (χ4n) is 3.08. The Kier molecular flexibility index (Phi) is 5.34. The Morgan fingerprint density at radius 1 is 1.29 bits per heavy atom. The number of methoxy groups -OCH3 is 1. The van der Waals surface area contributed by atoms with Gasteiger partial charge in [0, 0.05) is 35.6 Å². The minimum absolute atomic E-state index is 0.194. The largest absolute Gasteiger partial charge is 0.495 e. The third-order valence-electron chi connectivity index (χ3n) is 4.78. The zero-order chi connectivity index (χ0) is 19.5. The quantitative estimate of drug-likeness (QED) is 0.620. The lowest BCUT2D eigenvalue weighted by Gasteiger charge is -2.06. The number of rotatable bonds is 8. The van der Waals surface area contributed by atoms with Gasteiger partial charge < -0.3 is 9.47 Å². The van der Waals surface area contributed by atoms with E-state index in [-0.39, 0.29) is 5.56 Å². The molecule has 0 amide bonds. The second-order valence-corrected chi connectivity index (χ2v) is 8.08. The van der Waals surface area contributed by atoms with Gasteiger partial charge in [-0.05, 0) is 31.9 Å². The summed E-state index contributed by atoms with van der Waals surface area (Å²) in [6.07, 6.45) is 4.02. The number of nitrogens with one attached hydrogen (secondary N) is 1. The van der Waals surface area contributed by atoms with Crippen molar-refractivity contribution in [3.63, 3.8) is 0 Å². The van der Waals surface area contributed by atoms with Gasteiger partial charge in [-0.1, -0.05) is 0 Å². The first-order valence-electron chi connectivity index (χ1n) is 9.12. The lowest BCUT2D eigenvalue weighted by molar-refractivity contribution is 0.281. The molecule has 9 heteroatoms. The molecule has 2 atom stereocenters. The van der Waals surface area contributed by atoms with Crippen LogP contribution in [0.1, 0.15) is 33.6 Å². The summed E-state index contributed by atoms with van der Waals surface area (Å²) in [5.74, 6) is 2.00. The molecule has 1 aliphatic rings. The zero-order valence-electron chi connectivity index (χ0n) is 15.7. The van der Waals surface area contributed by atoms with Crippen molar-refractivity contribution in [1.29, 1.82) is 0 Å². The number of aryl methyl sites for hydroxylation is 3. The number of hydrogen-bond donors (Lipinski definition) is 1. The minimum Gasteiger partial charge on any atom is -0.495 e. The standard InChI is InChI=1S/C19H21N5O3S/c1-11-21-23-18(28-11)6-3-12-8-17(22-24-19(12)25)27-10-13-7-15(13)16-5-4-14(26-2)9-20-16/h4-5,8-9,13,15H,3,6-7,10H2,1-2H3,(H,24,25)/t13-,15+/m1/s1. The van der Waals surface area contributed by atoms with E-state index >= 15 is 0 Å². The van der Waals surface area contributed by atoms with Crippen molar-refractivity contribution >= 4 is 11.3 Å². The lowest BCUT2D eigenvalue weighted by Crippen LogP contribution is -2.16. The summed E-state index contributed by atoms with van der Waals surface area (Å²) < 4.78 is 11.0. The Balaban J connectivity index is 1.32. The summed E-state index contributed by atoms with van der Waals surface area (Å²) >= 11 is 1.54. The normalized spacial score (nSPS) is 18.1. The Hall–Kier alpha value is -2.81. The summed E-state index contributed by atoms with van der Waals surface area (Å²) in [5, 5.41) is 16.5. The van der Waals surface area contributed by atoms with E-state index in [0.717, 1.165) is 27.9 Å². The third-order valence-corrected chi connectivity index (χ3v) is 5.67. The molecule has 28 heavy (non-hydrogen) atoms. The Labute approximate surface area is 166 Å². The van der Waals surface area contributed by atoms with Crippen molar-refractivity contribution < 1.29 is 9.47 Å². The molecular formula is C19H21N5O3S. The molecule has 4 rings (SSSR count). The van der Waals surface area contributed by atoms with Gasteiger partial charge in [-0.15, -0.1) is 26.6 Å². The topological polar surface area (TPSA) is 103 Å². The first-order valence-corrected chi connectivity index (χ1v) is 9.94. The maximum atomic E-state index is 12.0. The molecule has 0 bridgehead atoms. The van der Waals surface area contributed by atoms with Crippen LogP contribution in [-0.2, 0) is 12.8 Å². The molecule has 3 aromatic heterocycles. The van der Waals surface area contributed by atoms with Crippen LogP contribution in [0.5, 0.6) is 11.6 Å². The zero-order valence-corrected chi connectivity index (χ0v) is 16.5. The van der Waals surface area contributed by atoms with Gasteiger partial charge in [0.15, 0.2) is 0 Å². The fourth-order valence-corrected chi connectivity index (χ4v) is 3.79. The summed E-state index contributed by atoms with van der Waals surface area (Å²) in [6, 6.07) is 5.64.